The minimum atomic E-state index is -0.609. The Morgan fingerprint density at radius 1 is 0.667 bits per heavy atom. The highest BCUT2D eigenvalue weighted by atomic mass is 32.2. The van der Waals surface area contributed by atoms with Gasteiger partial charge in [0.25, 0.3) is 0 Å². The second-order valence-corrected chi connectivity index (χ2v) is 21.8. The van der Waals surface area contributed by atoms with E-state index in [4.69, 9.17) is 28.4 Å². The molecule has 1 aromatic carbocycles. The van der Waals surface area contributed by atoms with Gasteiger partial charge in [0.05, 0.1) is 64.5 Å². The fraction of sp³-hybridized carbons (Fsp3) is 0.585. The predicted molar refractivity (Wildman–Crippen MR) is 257 cm³/mol. The molecule has 0 N–H and O–H groups in total. The van der Waals surface area contributed by atoms with Gasteiger partial charge in [0.1, 0.15) is 35.0 Å². The van der Waals surface area contributed by atoms with E-state index >= 15 is 0 Å². The highest BCUT2D eigenvalue weighted by molar-refractivity contribution is 8.29. The van der Waals surface area contributed by atoms with Crippen LogP contribution in [0.4, 0.5) is 0 Å². The molecule has 1 saturated heterocycles. The molecule has 4 aliphatic carbocycles. The molecule has 3 saturated carbocycles. The van der Waals surface area contributed by atoms with Crippen molar-refractivity contribution < 1.29 is 57.2 Å². The molecule has 0 aromatic heterocycles. The average molecular weight is 985 g/mol. The number of rotatable bonds is 19. The SMILES string of the molecule is C=CC(=O)OCC(C)(C)COC(=O)CCC(=O)OCCc1ccc(OC(=O)C2CCC(C(=O)OC3=C4SC(=C(C#N)C#N)SC4=C(OC(=O)C4CCC(C5CCC(CC)CC5)CC4)CC3)CC2)cc1. The van der Waals surface area contributed by atoms with Gasteiger partial charge in [-0.05, 0) is 99.7 Å². The van der Waals surface area contributed by atoms with Gasteiger partial charge >= 0.3 is 35.8 Å². The molecule has 1 heterocycles. The summed E-state index contributed by atoms with van der Waals surface area (Å²) in [7, 11) is 0. The molecule has 0 atom stereocenters. The van der Waals surface area contributed by atoms with Gasteiger partial charge in [-0.2, -0.15) is 10.5 Å². The van der Waals surface area contributed by atoms with Crippen molar-refractivity contribution in [1.29, 1.82) is 10.5 Å². The van der Waals surface area contributed by atoms with E-state index in [1.165, 1.54) is 55.6 Å². The van der Waals surface area contributed by atoms with Crippen LogP contribution < -0.4 is 4.74 Å². The van der Waals surface area contributed by atoms with E-state index in [0.717, 1.165) is 49.2 Å². The maximum atomic E-state index is 13.6. The summed E-state index contributed by atoms with van der Waals surface area (Å²) in [6, 6.07) is 10.8. The summed E-state index contributed by atoms with van der Waals surface area (Å²) in [6.07, 6.45) is 13.8. The van der Waals surface area contributed by atoms with Crippen molar-refractivity contribution in [3.8, 4) is 17.9 Å². The number of esters is 6. The third kappa shape index (κ3) is 15.3. The van der Waals surface area contributed by atoms with Gasteiger partial charge in [-0.15, -0.1) is 0 Å². The summed E-state index contributed by atoms with van der Waals surface area (Å²) in [5, 5.41) is 19.3. The molecule has 5 aliphatic rings. The van der Waals surface area contributed by atoms with Gasteiger partial charge in [0.2, 0.25) is 0 Å². The van der Waals surface area contributed by atoms with E-state index < -0.39 is 41.1 Å². The molecule has 370 valence electrons. The van der Waals surface area contributed by atoms with Gasteiger partial charge in [-0.25, -0.2) is 4.79 Å². The first-order chi connectivity index (χ1) is 33.2. The molecule has 16 heteroatoms. The lowest BCUT2D eigenvalue weighted by Gasteiger charge is -2.37. The van der Waals surface area contributed by atoms with Crippen LogP contribution in [0.5, 0.6) is 5.75 Å². The number of carbonyl (C=O) groups is 6. The molecule has 0 amide bonds. The molecule has 0 unspecified atom stereocenters. The molecule has 0 bridgehead atoms. The lowest BCUT2D eigenvalue weighted by molar-refractivity contribution is -0.154. The third-order valence-corrected chi connectivity index (χ3v) is 16.6. The maximum absolute atomic E-state index is 13.6. The minimum Gasteiger partial charge on any atom is -0.465 e. The van der Waals surface area contributed by atoms with Crippen molar-refractivity contribution in [2.75, 3.05) is 19.8 Å². The Labute approximate surface area is 413 Å². The zero-order chi connectivity index (χ0) is 49.5. The highest BCUT2D eigenvalue weighted by Crippen LogP contribution is 2.59. The summed E-state index contributed by atoms with van der Waals surface area (Å²) in [6.45, 7) is 9.31. The molecular weight excluding hydrogens is 921 g/mol. The van der Waals surface area contributed by atoms with E-state index in [0.29, 0.717) is 82.2 Å². The molecule has 1 aliphatic heterocycles. The van der Waals surface area contributed by atoms with Crippen molar-refractivity contribution in [2.45, 2.75) is 136 Å². The quantitative estimate of drug-likeness (QED) is 0.0415. The van der Waals surface area contributed by atoms with E-state index in [-0.39, 0.29) is 56.1 Å². The highest BCUT2D eigenvalue weighted by Gasteiger charge is 2.40. The first kappa shape index (κ1) is 53.0. The van der Waals surface area contributed by atoms with Crippen molar-refractivity contribution in [3.05, 3.63) is 73.6 Å². The maximum Gasteiger partial charge on any atom is 0.330 e. The van der Waals surface area contributed by atoms with Crippen molar-refractivity contribution >= 4 is 59.3 Å². The summed E-state index contributed by atoms with van der Waals surface area (Å²) in [4.78, 5) is 77.2. The molecule has 4 fully saturated rings. The topological polar surface area (TPSA) is 205 Å². The summed E-state index contributed by atoms with van der Waals surface area (Å²) in [5.74, 6) is -0.138. The zero-order valence-electron chi connectivity index (χ0n) is 40.0. The third-order valence-electron chi connectivity index (χ3n) is 13.9. The number of ether oxygens (including phenoxy) is 6. The van der Waals surface area contributed by atoms with Crippen LogP contribution in [0.3, 0.4) is 0 Å². The fourth-order valence-corrected chi connectivity index (χ4v) is 12.2. The number of benzene rings is 1. The standard InChI is InChI=1S/C53H64N2O12S2/c1-5-33-7-11-35(12-8-33)36-13-15-38(16-14-36)50(60)66-42-23-24-43(48-47(42)68-52(69-48)40(29-54)30-55)67-51(61)39-19-17-37(18-20-39)49(59)65-41-21-9-34(10-22-41)27-28-62-45(57)25-26-46(58)64-32-53(3,4)31-63-44(56)6-2/h6,9-10,21-22,33,35-39H,2,5,7-8,11-20,23-28,31-32H2,1,3-4H3. The number of hydrogen-bond donors (Lipinski definition) is 0. The van der Waals surface area contributed by atoms with Gasteiger partial charge in [0, 0.05) is 30.8 Å². The van der Waals surface area contributed by atoms with E-state index in [1.54, 1.807) is 38.1 Å². The molecule has 6 rings (SSSR count). The number of carbonyl (C=O) groups excluding carboxylic acids is 6. The van der Waals surface area contributed by atoms with Crippen LogP contribution in [0.2, 0.25) is 0 Å². The van der Waals surface area contributed by atoms with Crippen LogP contribution >= 0.6 is 23.5 Å². The number of nitrogens with zero attached hydrogens (tertiary/aromatic N) is 2. The fourth-order valence-electron chi connectivity index (χ4n) is 9.60. The molecular formula is C53H64N2O12S2. The van der Waals surface area contributed by atoms with Crippen LogP contribution in [-0.4, -0.2) is 55.6 Å². The van der Waals surface area contributed by atoms with Crippen molar-refractivity contribution in [3.63, 3.8) is 0 Å². The van der Waals surface area contributed by atoms with Crippen molar-refractivity contribution in [1.82, 2.24) is 0 Å². The Kier molecular flexibility index (Phi) is 19.6. The largest absolute Gasteiger partial charge is 0.465 e. The van der Waals surface area contributed by atoms with Crippen LogP contribution in [0, 0.1) is 63.6 Å². The lowest BCUT2D eigenvalue weighted by atomic mass is 9.69. The second kappa shape index (κ2) is 25.5. The summed E-state index contributed by atoms with van der Waals surface area (Å²) in [5.41, 5.74) is 0.183. The summed E-state index contributed by atoms with van der Waals surface area (Å²) >= 11 is 2.40. The molecule has 14 nitrogen and oxygen atoms in total. The number of hydrogen-bond acceptors (Lipinski definition) is 16. The van der Waals surface area contributed by atoms with Crippen LogP contribution in [0.25, 0.3) is 0 Å². The van der Waals surface area contributed by atoms with Gasteiger partial charge in [0.15, 0.2) is 0 Å². The number of nitriles is 2. The Balaban J connectivity index is 0.924. The Bertz CT molecular complexity index is 2250. The van der Waals surface area contributed by atoms with Crippen LogP contribution in [0.15, 0.2) is 68.1 Å². The smallest absolute Gasteiger partial charge is 0.330 e. The Hall–Kier alpha value is -5.32. The van der Waals surface area contributed by atoms with E-state index in [1.807, 2.05) is 12.1 Å². The van der Waals surface area contributed by atoms with Crippen LogP contribution in [0.1, 0.15) is 135 Å². The number of allylic oxidation sites excluding steroid dienone is 3. The summed E-state index contributed by atoms with van der Waals surface area (Å²) < 4.78 is 33.9. The zero-order valence-corrected chi connectivity index (χ0v) is 41.7. The minimum absolute atomic E-state index is 0.00894. The normalized spacial score (nSPS) is 23.6. The first-order valence-electron chi connectivity index (χ1n) is 24.4. The van der Waals surface area contributed by atoms with Gasteiger partial charge < -0.3 is 28.4 Å². The lowest BCUT2D eigenvalue weighted by Crippen LogP contribution is -2.30. The first-order valence-corrected chi connectivity index (χ1v) is 26.0. The Morgan fingerprint density at radius 3 is 1.62 bits per heavy atom. The Morgan fingerprint density at radius 2 is 1.13 bits per heavy atom. The second-order valence-electron chi connectivity index (χ2n) is 19.5. The van der Waals surface area contributed by atoms with Gasteiger partial charge in [-0.3, -0.25) is 24.0 Å². The number of fused-ring (bicyclic) bond motifs is 1. The van der Waals surface area contributed by atoms with Crippen LogP contribution in [-0.2, 0) is 58.9 Å². The monoisotopic (exact) mass is 984 g/mol. The molecule has 69 heavy (non-hydrogen) atoms. The number of thioether (sulfide) groups is 2. The average Bonchev–Trinajstić information content (AvgIpc) is 3.82. The molecule has 0 radical (unpaired) electrons. The predicted octanol–water partition coefficient (Wildman–Crippen LogP) is 10.6. The van der Waals surface area contributed by atoms with Gasteiger partial charge in [-0.1, -0.05) is 82.3 Å². The van der Waals surface area contributed by atoms with E-state index in [9.17, 15) is 39.3 Å². The van der Waals surface area contributed by atoms with E-state index in [2.05, 4.69) is 13.5 Å². The molecule has 0 spiro atoms. The van der Waals surface area contributed by atoms with Crippen molar-refractivity contribution in [2.24, 2.45) is 40.9 Å². The molecule has 1 aromatic rings.